The van der Waals surface area contributed by atoms with E-state index >= 15 is 0 Å². The van der Waals surface area contributed by atoms with Crippen molar-refractivity contribution in [2.24, 2.45) is 0 Å². The fourth-order valence-corrected chi connectivity index (χ4v) is 4.80. The third kappa shape index (κ3) is 5.73. The molecule has 3 aromatic rings. The predicted molar refractivity (Wildman–Crippen MR) is 140 cm³/mol. The minimum Gasteiger partial charge on any atom is -0.508 e. The highest BCUT2D eigenvalue weighted by Gasteiger charge is 2.47. The number of phenolic OH excluding ortho intramolecular Hbond substituents is 2. The molecule has 2 saturated heterocycles. The Morgan fingerprint density at radius 1 is 0.698 bits per heavy atom. The van der Waals surface area contributed by atoms with Crippen LogP contribution in [-0.2, 0) is 9.47 Å². The smallest absolute Gasteiger partial charge is 0.229 e. The highest BCUT2D eigenvalue weighted by molar-refractivity contribution is 5.89. The van der Waals surface area contributed by atoms with Gasteiger partial charge in [-0.25, -0.2) is 0 Å². The van der Waals surface area contributed by atoms with Gasteiger partial charge in [-0.1, -0.05) is 0 Å². The summed E-state index contributed by atoms with van der Waals surface area (Å²) in [4.78, 5) is 13.2. The Morgan fingerprint density at radius 3 is 1.77 bits per heavy atom. The van der Waals surface area contributed by atoms with Crippen molar-refractivity contribution >= 4 is 11.0 Å². The van der Waals surface area contributed by atoms with Crippen molar-refractivity contribution in [2.45, 2.75) is 61.4 Å². The average Bonchev–Trinajstić information content (AvgIpc) is 2.99. The molecule has 1 aromatic heterocycles. The van der Waals surface area contributed by atoms with Crippen molar-refractivity contribution in [3.05, 3.63) is 46.6 Å². The van der Waals surface area contributed by atoms with Crippen molar-refractivity contribution in [2.75, 3.05) is 13.2 Å². The van der Waals surface area contributed by atoms with E-state index in [2.05, 4.69) is 0 Å². The van der Waals surface area contributed by atoms with Gasteiger partial charge in [-0.2, -0.15) is 0 Å². The van der Waals surface area contributed by atoms with Gasteiger partial charge in [-0.15, -0.1) is 0 Å². The third-order valence-electron chi connectivity index (χ3n) is 7.24. The van der Waals surface area contributed by atoms with Gasteiger partial charge < -0.3 is 74.4 Å². The molecule has 0 aliphatic carbocycles. The van der Waals surface area contributed by atoms with Crippen LogP contribution in [-0.4, -0.2) is 126 Å². The van der Waals surface area contributed by atoms with Crippen LogP contribution in [0.4, 0.5) is 0 Å². The summed E-state index contributed by atoms with van der Waals surface area (Å²) in [7, 11) is 0. The number of rotatable bonds is 7. The van der Waals surface area contributed by atoms with Gasteiger partial charge in [0.25, 0.3) is 0 Å². The maximum Gasteiger partial charge on any atom is 0.229 e. The maximum absolute atomic E-state index is 13.2. The van der Waals surface area contributed by atoms with E-state index in [1.807, 2.05) is 0 Å². The zero-order valence-corrected chi connectivity index (χ0v) is 22.1. The summed E-state index contributed by atoms with van der Waals surface area (Å²) in [5, 5.41) is 101. The molecule has 16 heteroatoms. The van der Waals surface area contributed by atoms with Crippen LogP contribution in [0.3, 0.4) is 0 Å². The van der Waals surface area contributed by atoms with E-state index in [-0.39, 0.29) is 17.1 Å². The molecule has 0 unspecified atom stereocenters. The summed E-state index contributed by atoms with van der Waals surface area (Å²) >= 11 is 0. The van der Waals surface area contributed by atoms with Crippen molar-refractivity contribution in [1.29, 1.82) is 0 Å². The zero-order valence-electron chi connectivity index (χ0n) is 22.1. The molecule has 0 saturated carbocycles. The Balaban J connectivity index is 1.62. The molecule has 3 heterocycles. The fraction of sp³-hybridized carbons (Fsp3) is 0.444. The number of fused-ring (bicyclic) bond motifs is 1. The summed E-state index contributed by atoms with van der Waals surface area (Å²) < 4.78 is 27.8. The Labute approximate surface area is 241 Å². The van der Waals surface area contributed by atoms with E-state index in [4.69, 9.17) is 23.4 Å². The van der Waals surface area contributed by atoms with Crippen LogP contribution < -0.4 is 14.9 Å². The van der Waals surface area contributed by atoms with Gasteiger partial charge in [0.1, 0.15) is 71.3 Å². The third-order valence-corrected chi connectivity index (χ3v) is 7.24. The van der Waals surface area contributed by atoms with Gasteiger partial charge in [-0.3, -0.25) is 4.79 Å². The second-order valence-corrected chi connectivity index (χ2v) is 10.1. The second kappa shape index (κ2) is 12.2. The number of phenols is 2. The number of aromatic hydroxyl groups is 2. The normalized spacial score (nSPS) is 32.9. The van der Waals surface area contributed by atoms with Gasteiger partial charge in [0, 0.05) is 17.7 Å². The molecule has 10 N–H and O–H groups in total. The van der Waals surface area contributed by atoms with E-state index in [1.165, 1.54) is 24.3 Å². The van der Waals surface area contributed by atoms with Gasteiger partial charge in [-0.05, 0) is 24.3 Å². The maximum atomic E-state index is 13.2. The first-order valence-electron chi connectivity index (χ1n) is 13.0. The molecule has 0 bridgehead atoms. The Bertz CT molecular complexity index is 1490. The summed E-state index contributed by atoms with van der Waals surface area (Å²) in [5.74, 6) is -2.19. The van der Waals surface area contributed by atoms with Crippen LogP contribution in [0.2, 0.25) is 0 Å². The summed E-state index contributed by atoms with van der Waals surface area (Å²) in [6, 6.07) is 7.71. The molecule has 2 aromatic carbocycles. The molecule has 5 rings (SSSR count). The standard InChI is InChI=1S/C27H30O16/c28-7-15-18(32)21(35)23(37)26(41-15)40-14-6-13-17(11(31)5-12(39-13)9-1-3-10(30)4-2-9)20(34)25(14)43-27-24(38)22(36)19(33)16(8-29)42-27/h1-6,15-16,18-19,21-24,26-30,32-38H,7-8H2/t15-,16-,18-,19-,21+,22+,23-,24-,26-,27+/m1/s1. The molecule has 2 fully saturated rings. The van der Waals surface area contributed by atoms with Crippen molar-refractivity contribution < 1.29 is 74.4 Å². The molecule has 0 spiro atoms. The van der Waals surface area contributed by atoms with E-state index in [0.29, 0.717) is 5.56 Å². The van der Waals surface area contributed by atoms with E-state index in [9.17, 15) is 55.9 Å². The number of aliphatic hydroxyl groups is 8. The number of benzene rings is 2. The Hall–Kier alpha value is -3.55. The van der Waals surface area contributed by atoms with Gasteiger partial charge in [0.15, 0.2) is 16.9 Å². The lowest BCUT2D eigenvalue weighted by Crippen LogP contribution is -2.60. The van der Waals surface area contributed by atoms with Gasteiger partial charge >= 0.3 is 0 Å². The molecule has 16 nitrogen and oxygen atoms in total. The average molecular weight is 611 g/mol. The minimum atomic E-state index is -1.94. The van der Waals surface area contributed by atoms with Crippen LogP contribution in [0, 0.1) is 0 Å². The zero-order chi connectivity index (χ0) is 31.2. The second-order valence-electron chi connectivity index (χ2n) is 10.1. The molecule has 0 amide bonds. The van der Waals surface area contributed by atoms with Gasteiger partial charge in [0.05, 0.1) is 13.2 Å². The number of ether oxygens (including phenoxy) is 4. The van der Waals surface area contributed by atoms with Crippen molar-refractivity contribution in [3.8, 4) is 34.3 Å². The quantitative estimate of drug-likeness (QED) is 0.130. The monoisotopic (exact) mass is 610 g/mol. The Kier molecular flexibility index (Phi) is 8.77. The highest BCUT2D eigenvalue weighted by atomic mass is 16.7. The predicted octanol–water partition coefficient (Wildman–Crippen LogP) is -2.77. The van der Waals surface area contributed by atoms with Crippen molar-refractivity contribution in [3.63, 3.8) is 0 Å². The minimum absolute atomic E-state index is 0.0123. The first kappa shape index (κ1) is 30.9. The number of hydrogen-bond donors (Lipinski definition) is 10. The molecule has 234 valence electrons. The lowest BCUT2D eigenvalue weighted by Gasteiger charge is -2.41. The Morgan fingerprint density at radius 2 is 1.23 bits per heavy atom. The summed E-state index contributed by atoms with van der Waals surface area (Å²) in [5.41, 5.74) is -0.692. The molecule has 10 atom stereocenters. The van der Waals surface area contributed by atoms with E-state index in [0.717, 1.165) is 12.1 Å². The summed E-state index contributed by atoms with van der Waals surface area (Å²) in [6.07, 6.45) is -17.5. The highest BCUT2D eigenvalue weighted by Crippen LogP contribution is 2.45. The van der Waals surface area contributed by atoms with Crippen LogP contribution in [0.5, 0.6) is 23.0 Å². The largest absolute Gasteiger partial charge is 0.508 e. The molecular formula is C27H30O16. The molecular weight excluding hydrogens is 580 g/mol. The summed E-state index contributed by atoms with van der Waals surface area (Å²) in [6.45, 7) is -1.58. The first-order valence-corrected chi connectivity index (χ1v) is 13.0. The topological polar surface area (TPSA) is 269 Å². The SMILES string of the molecule is O=c1cc(-c2ccc(O)cc2)oc2cc(O[C@@H]3O[C@H](CO)[C@@H](O)[C@H](O)[C@H]3O)c(O[C@@H]3O[C@H](CO)[C@@H](O)[C@H](O)[C@H]3O)c(O)c12. The van der Waals surface area contributed by atoms with Crippen LogP contribution in [0.15, 0.2) is 45.6 Å². The lowest BCUT2D eigenvalue weighted by atomic mass is 9.99. The number of aliphatic hydroxyl groups excluding tert-OH is 8. The molecule has 2 aliphatic rings. The van der Waals surface area contributed by atoms with Crippen LogP contribution in [0.25, 0.3) is 22.3 Å². The molecule has 0 radical (unpaired) electrons. The van der Waals surface area contributed by atoms with E-state index < -0.39 is 103 Å². The van der Waals surface area contributed by atoms with Crippen LogP contribution in [0.1, 0.15) is 0 Å². The van der Waals surface area contributed by atoms with Crippen LogP contribution >= 0.6 is 0 Å². The lowest BCUT2D eigenvalue weighted by molar-refractivity contribution is -0.282. The molecule has 2 aliphatic heterocycles. The van der Waals surface area contributed by atoms with Gasteiger partial charge in [0.2, 0.25) is 18.3 Å². The molecule has 43 heavy (non-hydrogen) atoms. The first-order chi connectivity index (χ1) is 20.4. The fourth-order valence-electron chi connectivity index (χ4n) is 4.80. The van der Waals surface area contributed by atoms with Crippen molar-refractivity contribution in [1.82, 2.24) is 0 Å². The van der Waals surface area contributed by atoms with E-state index in [1.54, 1.807) is 0 Å². The number of hydrogen-bond acceptors (Lipinski definition) is 16.